The zero-order valence-electron chi connectivity index (χ0n) is 24.4. The lowest BCUT2D eigenvalue weighted by molar-refractivity contribution is 0.484. The third-order valence-corrected chi connectivity index (χ3v) is 12.8. The van der Waals surface area contributed by atoms with Crippen LogP contribution >= 0.6 is 34.8 Å². The van der Waals surface area contributed by atoms with Crippen LogP contribution in [0.2, 0.25) is 15.1 Å². The second kappa shape index (κ2) is 14.1. The first-order valence-electron chi connectivity index (χ1n) is 12.8. The number of benzene rings is 3. The average Bonchev–Trinajstić information content (AvgIpc) is 2.92. The fourth-order valence-electron chi connectivity index (χ4n) is 4.00. The predicted octanol–water partition coefficient (Wildman–Crippen LogP) is 4.72. The van der Waals surface area contributed by atoms with Gasteiger partial charge in [0.2, 0.25) is 20.0 Å². The molecule has 3 aromatic rings. The Balaban J connectivity index is 2.58. The Morgan fingerprint density at radius 3 is 1.79 bits per heavy atom. The maximum absolute atomic E-state index is 13.7. The van der Waals surface area contributed by atoms with E-state index in [0.29, 0.717) is 12.7 Å². The highest BCUT2D eigenvalue weighted by Crippen LogP contribution is 2.48. The highest BCUT2D eigenvalue weighted by atomic mass is 35.5. The highest BCUT2D eigenvalue weighted by molar-refractivity contribution is 7.94. The van der Waals surface area contributed by atoms with Gasteiger partial charge in [-0.05, 0) is 37.6 Å². The van der Waals surface area contributed by atoms with Crippen molar-refractivity contribution < 1.29 is 46.6 Å². The molecule has 0 radical (unpaired) electrons. The summed E-state index contributed by atoms with van der Waals surface area (Å²) in [5.74, 6) is -0.546. The third-order valence-electron chi connectivity index (χ3n) is 6.05. The molecular weight excluding hydrogens is 787 g/mol. The van der Waals surface area contributed by atoms with Crippen LogP contribution in [0, 0.1) is 6.92 Å². The van der Waals surface area contributed by atoms with E-state index in [1.165, 1.54) is 18.2 Å². The van der Waals surface area contributed by atoms with Crippen LogP contribution in [0.5, 0.6) is 0 Å². The molecule has 5 N–H and O–H groups in total. The number of hydrogen-bond donors (Lipinski definition) is 5. The molecule has 0 spiro atoms. The number of nitrogens with one attached hydrogen (secondary N) is 4. The van der Waals surface area contributed by atoms with Crippen molar-refractivity contribution in [3.8, 4) is 0 Å². The molecule has 15 nitrogen and oxygen atoms in total. The quantitative estimate of drug-likeness (QED) is 0.110. The zero-order valence-corrected chi connectivity index (χ0v) is 30.7. The van der Waals surface area contributed by atoms with Crippen LogP contribution in [-0.4, -0.2) is 58.7 Å². The van der Waals surface area contributed by atoms with E-state index in [1.807, 2.05) is 14.2 Å². The van der Waals surface area contributed by atoms with E-state index >= 15 is 0 Å². The zero-order chi connectivity index (χ0) is 35.8. The molecule has 0 bridgehead atoms. The summed E-state index contributed by atoms with van der Waals surface area (Å²) in [6.45, 7) is 2.70. The fraction of sp³-hybridized carbons (Fsp3) is 0.250. The van der Waals surface area contributed by atoms with Gasteiger partial charge in [0, 0.05) is 10.6 Å². The summed E-state index contributed by atoms with van der Waals surface area (Å²) in [6.07, 6.45) is 1.04. The van der Waals surface area contributed by atoms with Crippen molar-refractivity contribution >= 4 is 108 Å². The number of anilines is 4. The fourth-order valence-corrected chi connectivity index (χ4v) is 10.3. The van der Waals surface area contributed by atoms with Gasteiger partial charge in [0.15, 0.2) is 0 Å². The van der Waals surface area contributed by atoms with Gasteiger partial charge in [0.05, 0.1) is 49.7 Å². The van der Waals surface area contributed by atoms with Crippen molar-refractivity contribution in [2.45, 2.75) is 41.4 Å². The summed E-state index contributed by atoms with van der Waals surface area (Å²) in [5.41, 5.74) is -4.73. The Labute approximate surface area is 288 Å². The molecule has 0 aliphatic carbocycles. The van der Waals surface area contributed by atoms with E-state index in [0.717, 1.165) is 31.2 Å². The van der Waals surface area contributed by atoms with Gasteiger partial charge in [-0.25, -0.2) is 33.7 Å². The van der Waals surface area contributed by atoms with Crippen molar-refractivity contribution in [3.05, 3.63) is 63.1 Å². The Bertz CT molecular complexity index is 2270. The number of sulfonamides is 4. The van der Waals surface area contributed by atoms with Crippen molar-refractivity contribution in [3.63, 3.8) is 0 Å². The molecule has 0 unspecified atom stereocenters. The van der Waals surface area contributed by atoms with Gasteiger partial charge < -0.3 is 0 Å². The van der Waals surface area contributed by atoms with Crippen LogP contribution in [0.1, 0.15) is 25.3 Å². The Morgan fingerprint density at radius 2 is 1.26 bits per heavy atom. The molecule has 0 aliphatic rings. The van der Waals surface area contributed by atoms with Gasteiger partial charge in [-0.3, -0.25) is 23.4 Å². The standard InChI is InChI=1S/C24H27Cl3N4O11S5/c1-4-5-11-44(34,35)29-20-14(2)21(30-45(36,37)16-9-7-6-8-10-16)23(24(47(40,41)42)22(20)28-43(3,32)33)31-46(38,39)18-13-15(25)12-17(26)19(18)27/h6-10,12-13,28-31H,4-5,11H2,1-3H3,(H,40,41,42). The first-order chi connectivity index (χ1) is 21.4. The van der Waals surface area contributed by atoms with E-state index in [4.69, 9.17) is 34.8 Å². The van der Waals surface area contributed by atoms with E-state index < -0.39 is 104 Å². The summed E-state index contributed by atoms with van der Waals surface area (Å²) in [5, 5.41) is -1.20. The number of hydrogen-bond acceptors (Lipinski definition) is 10. The third kappa shape index (κ3) is 9.54. The van der Waals surface area contributed by atoms with Crippen molar-refractivity contribution in [2.24, 2.45) is 0 Å². The molecule has 260 valence electrons. The van der Waals surface area contributed by atoms with E-state index in [2.05, 4.69) is 0 Å². The summed E-state index contributed by atoms with van der Waals surface area (Å²) < 4.78 is 150. The van der Waals surface area contributed by atoms with E-state index in [-0.39, 0.29) is 16.5 Å². The second-order valence-corrected chi connectivity index (χ2v) is 19.3. The molecule has 0 heterocycles. The molecule has 3 rings (SSSR count). The van der Waals surface area contributed by atoms with Crippen molar-refractivity contribution in [2.75, 3.05) is 30.9 Å². The number of rotatable bonds is 14. The molecule has 47 heavy (non-hydrogen) atoms. The van der Waals surface area contributed by atoms with Crippen LogP contribution in [0.15, 0.2) is 57.2 Å². The lowest BCUT2D eigenvalue weighted by Crippen LogP contribution is -2.25. The first kappa shape index (κ1) is 38.9. The van der Waals surface area contributed by atoms with E-state index in [9.17, 15) is 46.6 Å². The Hall–Kier alpha value is -2.56. The minimum Gasteiger partial charge on any atom is -0.282 e. The van der Waals surface area contributed by atoms with Crippen LogP contribution < -0.4 is 18.9 Å². The van der Waals surface area contributed by atoms with Gasteiger partial charge in [-0.2, -0.15) is 8.42 Å². The lowest BCUT2D eigenvalue weighted by Gasteiger charge is -2.26. The second-order valence-electron chi connectivity index (χ2n) is 9.80. The normalized spacial score (nSPS) is 12.8. The summed E-state index contributed by atoms with van der Waals surface area (Å²) in [6, 6.07) is 8.33. The van der Waals surface area contributed by atoms with Crippen molar-refractivity contribution in [1.29, 1.82) is 0 Å². The Morgan fingerprint density at radius 1 is 0.723 bits per heavy atom. The minimum atomic E-state index is -5.78. The molecule has 0 fully saturated rings. The maximum atomic E-state index is 13.7. The molecule has 0 aliphatic heterocycles. The molecule has 0 saturated heterocycles. The molecule has 0 atom stereocenters. The molecule has 0 amide bonds. The number of halogens is 3. The molecule has 23 heteroatoms. The summed E-state index contributed by atoms with van der Waals surface area (Å²) >= 11 is 18.0. The van der Waals surface area contributed by atoms with Crippen LogP contribution in [-0.2, 0) is 50.2 Å². The summed E-state index contributed by atoms with van der Waals surface area (Å²) in [4.78, 5) is -2.83. The lowest BCUT2D eigenvalue weighted by atomic mass is 10.1. The predicted molar refractivity (Wildman–Crippen MR) is 181 cm³/mol. The van der Waals surface area contributed by atoms with Gasteiger partial charge in [-0.1, -0.05) is 66.3 Å². The minimum absolute atomic E-state index is 0.0999. The highest BCUT2D eigenvalue weighted by Gasteiger charge is 2.36. The van der Waals surface area contributed by atoms with Crippen LogP contribution in [0.3, 0.4) is 0 Å². The van der Waals surface area contributed by atoms with Gasteiger partial charge >= 0.3 is 0 Å². The van der Waals surface area contributed by atoms with E-state index in [1.54, 1.807) is 11.6 Å². The molecular formula is C24H27Cl3N4O11S5. The SMILES string of the molecule is CCCCS(=O)(=O)Nc1c(C)c(NS(=O)(=O)c2ccccc2)c(NS(=O)(=O)c2cc(Cl)cc(Cl)c2Cl)c(S(=O)(=O)O)c1NS(C)(=O)=O. The number of unbranched alkanes of at least 4 members (excludes halogenated alkanes) is 1. The molecule has 0 saturated carbocycles. The van der Waals surface area contributed by atoms with Crippen LogP contribution in [0.25, 0.3) is 0 Å². The Kier molecular flexibility index (Phi) is 11.7. The maximum Gasteiger partial charge on any atom is 0.298 e. The molecule has 3 aromatic carbocycles. The molecule has 0 aromatic heterocycles. The van der Waals surface area contributed by atoms with Gasteiger partial charge in [-0.15, -0.1) is 0 Å². The first-order valence-corrected chi connectivity index (χ1v) is 21.9. The van der Waals surface area contributed by atoms with Crippen LogP contribution in [0.4, 0.5) is 22.7 Å². The van der Waals surface area contributed by atoms with Gasteiger partial charge in [0.25, 0.3) is 30.2 Å². The largest absolute Gasteiger partial charge is 0.298 e. The van der Waals surface area contributed by atoms with Gasteiger partial charge in [0.1, 0.15) is 9.79 Å². The smallest absolute Gasteiger partial charge is 0.282 e. The van der Waals surface area contributed by atoms with Crippen molar-refractivity contribution in [1.82, 2.24) is 0 Å². The monoisotopic (exact) mass is 812 g/mol. The average molecular weight is 814 g/mol. The topological polar surface area (TPSA) is 239 Å². The summed E-state index contributed by atoms with van der Waals surface area (Å²) in [7, 11) is -24.6.